The van der Waals surface area contributed by atoms with Crippen molar-refractivity contribution in [3.63, 3.8) is 0 Å². The Morgan fingerprint density at radius 3 is 2.88 bits per heavy atom. The van der Waals surface area contributed by atoms with E-state index in [4.69, 9.17) is 16.3 Å². The summed E-state index contributed by atoms with van der Waals surface area (Å²) in [4.78, 5) is 8.05. The average molecular weight is 318 g/mol. The normalized spacial score (nSPS) is 10.3. The van der Waals surface area contributed by atoms with Crippen molar-refractivity contribution in [2.24, 2.45) is 0 Å². The molecule has 0 fully saturated rings. The summed E-state index contributed by atoms with van der Waals surface area (Å²) in [5.41, 5.74) is 0.616. The Hall–Kier alpha value is -1.20. The van der Waals surface area contributed by atoms with Gasteiger partial charge in [0.1, 0.15) is 11.6 Å². The Kier molecular flexibility index (Phi) is 3.91. The molecule has 0 amide bonds. The second-order valence-corrected chi connectivity index (χ2v) is 4.28. The van der Waals surface area contributed by atoms with E-state index in [0.29, 0.717) is 21.8 Å². The zero-order valence-electron chi connectivity index (χ0n) is 8.53. The zero-order chi connectivity index (χ0) is 12.3. The fraction of sp³-hybridized carbons (Fsp3) is 0.0909. The Balaban J connectivity index is 2.22. The fourth-order valence-electron chi connectivity index (χ4n) is 1.16. The molecule has 0 aliphatic carbocycles. The summed E-state index contributed by atoms with van der Waals surface area (Å²) in [5, 5.41) is 0. The van der Waals surface area contributed by atoms with E-state index in [1.54, 1.807) is 6.20 Å². The molecule has 0 unspecified atom stereocenters. The smallest absolute Gasteiger partial charge is 0.238 e. The van der Waals surface area contributed by atoms with Gasteiger partial charge in [0.05, 0.1) is 22.2 Å². The first kappa shape index (κ1) is 12.3. The zero-order valence-corrected chi connectivity index (χ0v) is 10.9. The van der Waals surface area contributed by atoms with Gasteiger partial charge >= 0.3 is 0 Å². The van der Waals surface area contributed by atoms with Crippen LogP contribution in [0.3, 0.4) is 0 Å². The van der Waals surface area contributed by atoms with Crippen LogP contribution in [0.2, 0.25) is 0 Å². The van der Waals surface area contributed by atoms with Gasteiger partial charge in [-0.15, -0.1) is 11.6 Å². The van der Waals surface area contributed by atoms with E-state index in [-0.39, 0.29) is 11.7 Å². The van der Waals surface area contributed by atoms with Crippen LogP contribution in [0.25, 0.3) is 0 Å². The van der Waals surface area contributed by atoms with Crippen LogP contribution in [0, 0.1) is 5.82 Å². The van der Waals surface area contributed by atoms with Gasteiger partial charge in [0.15, 0.2) is 0 Å². The predicted octanol–water partition coefficient (Wildman–Crippen LogP) is 3.91. The molecule has 3 nitrogen and oxygen atoms in total. The molecule has 0 atom stereocenters. The van der Waals surface area contributed by atoms with Crippen molar-refractivity contribution in [3.05, 3.63) is 46.6 Å². The minimum absolute atomic E-state index is 0.261. The van der Waals surface area contributed by atoms with Gasteiger partial charge in [-0.2, -0.15) is 0 Å². The van der Waals surface area contributed by atoms with Crippen LogP contribution in [0.15, 0.2) is 35.1 Å². The number of alkyl halides is 1. The van der Waals surface area contributed by atoms with Gasteiger partial charge in [-0.25, -0.2) is 9.37 Å². The molecule has 1 heterocycles. The molecular weight excluding hydrogens is 310 g/mol. The van der Waals surface area contributed by atoms with Crippen molar-refractivity contribution < 1.29 is 9.13 Å². The first-order valence-electron chi connectivity index (χ1n) is 4.69. The van der Waals surface area contributed by atoms with Gasteiger partial charge < -0.3 is 4.74 Å². The minimum Gasteiger partial charge on any atom is -0.437 e. The average Bonchev–Trinajstić information content (AvgIpc) is 2.34. The van der Waals surface area contributed by atoms with Crippen LogP contribution in [-0.4, -0.2) is 9.97 Å². The van der Waals surface area contributed by atoms with E-state index >= 15 is 0 Å². The Morgan fingerprint density at radius 2 is 2.18 bits per heavy atom. The molecule has 0 spiro atoms. The maximum absolute atomic E-state index is 13.0. The number of hydrogen-bond donors (Lipinski definition) is 0. The maximum Gasteiger partial charge on any atom is 0.238 e. The molecule has 6 heteroatoms. The molecule has 0 aliphatic rings. The lowest BCUT2D eigenvalue weighted by Gasteiger charge is -2.05. The summed E-state index contributed by atoms with van der Waals surface area (Å²) in [7, 11) is 0. The van der Waals surface area contributed by atoms with Crippen molar-refractivity contribution in [2.75, 3.05) is 0 Å². The highest BCUT2D eigenvalue weighted by Crippen LogP contribution is 2.25. The van der Waals surface area contributed by atoms with Gasteiger partial charge in [0.2, 0.25) is 5.88 Å². The number of benzene rings is 1. The number of ether oxygens (including phenoxy) is 1. The van der Waals surface area contributed by atoms with Crippen LogP contribution in [0.1, 0.15) is 5.69 Å². The number of halogens is 3. The van der Waals surface area contributed by atoms with Crippen molar-refractivity contribution >= 4 is 27.5 Å². The van der Waals surface area contributed by atoms with Gasteiger partial charge in [-0.3, -0.25) is 4.98 Å². The highest BCUT2D eigenvalue weighted by atomic mass is 79.9. The van der Waals surface area contributed by atoms with Crippen LogP contribution in [-0.2, 0) is 5.88 Å². The molecule has 0 saturated heterocycles. The predicted molar refractivity (Wildman–Crippen MR) is 65.8 cm³/mol. The molecule has 2 aromatic rings. The molecule has 17 heavy (non-hydrogen) atoms. The van der Waals surface area contributed by atoms with Crippen LogP contribution < -0.4 is 4.74 Å². The maximum atomic E-state index is 13.0. The van der Waals surface area contributed by atoms with Crippen molar-refractivity contribution in [1.29, 1.82) is 0 Å². The number of aromatic nitrogens is 2. The second kappa shape index (κ2) is 5.42. The van der Waals surface area contributed by atoms with Gasteiger partial charge in [0.25, 0.3) is 0 Å². The molecule has 1 aromatic carbocycles. The largest absolute Gasteiger partial charge is 0.437 e. The van der Waals surface area contributed by atoms with Crippen molar-refractivity contribution in [2.45, 2.75) is 5.88 Å². The molecule has 88 valence electrons. The Morgan fingerprint density at radius 1 is 1.35 bits per heavy atom. The third kappa shape index (κ3) is 3.14. The number of rotatable bonds is 3. The second-order valence-electron chi connectivity index (χ2n) is 3.16. The number of nitrogens with zero attached hydrogens (tertiary/aromatic N) is 2. The van der Waals surface area contributed by atoms with E-state index in [2.05, 4.69) is 25.9 Å². The van der Waals surface area contributed by atoms with E-state index < -0.39 is 0 Å². The fourth-order valence-corrected chi connectivity index (χ4v) is 1.65. The lowest BCUT2D eigenvalue weighted by Crippen LogP contribution is -1.93. The van der Waals surface area contributed by atoms with Crippen LogP contribution in [0.4, 0.5) is 4.39 Å². The van der Waals surface area contributed by atoms with Gasteiger partial charge in [-0.05, 0) is 34.1 Å². The Labute approximate surface area is 111 Å². The first-order chi connectivity index (χ1) is 8.19. The standard InChI is InChI=1S/C11H7BrClFN2O/c12-9-3-8(1-2-10(9)14)17-11-6-15-5-7(4-13)16-11/h1-3,5-6H,4H2. The van der Waals surface area contributed by atoms with E-state index in [1.807, 2.05) is 0 Å². The molecule has 0 saturated carbocycles. The van der Waals surface area contributed by atoms with Crippen LogP contribution >= 0.6 is 27.5 Å². The third-order valence-electron chi connectivity index (χ3n) is 1.91. The van der Waals surface area contributed by atoms with Gasteiger partial charge in [0, 0.05) is 6.20 Å². The molecule has 1 aromatic heterocycles. The molecular formula is C11H7BrClFN2O. The third-order valence-corrected chi connectivity index (χ3v) is 2.79. The SMILES string of the molecule is Fc1ccc(Oc2cncc(CCl)n2)cc1Br. The summed E-state index contributed by atoms with van der Waals surface area (Å²) >= 11 is 8.71. The summed E-state index contributed by atoms with van der Waals surface area (Å²) < 4.78 is 18.8. The highest BCUT2D eigenvalue weighted by molar-refractivity contribution is 9.10. The summed E-state index contributed by atoms with van der Waals surface area (Å²) in [6.07, 6.45) is 3.02. The molecule has 0 aliphatic heterocycles. The minimum atomic E-state index is -0.349. The lowest BCUT2D eigenvalue weighted by molar-refractivity contribution is 0.456. The summed E-state index contributed by atoms with van der Waals surface area (Å²) in [6.45, 7) is 0. The van der Waals surface area contributed by atoms with E-state index in [9.17, 15) is 4.39 Å². The topological polar surface area (TPSA) is 35.0 Å². The summed E-state index contributed by atoms with van der Waals surface area (Å²) in [5.74, 6) is 0.705. The Bertz CT molecular complexity index is 539. The monoisotopic (exact) mass is 316 g/mol. The molecule has 2 rings (SSSR count). The molecule has 0 N–H and O–H groups in total. The van der Waals surface area contributed by atoms with Crippen molar-refractivity contribution in [3.8, 4) is 11.6 Å². The quantitative estimate of drug-likeness (QED) is 0.805. The van der Waals surface area contributed by atoms with E-state index in [0.717, 1.165) is 0 Å². The van der Waals surface area contributed by atoms with Crippen LogP contribution in [0.5, 0.6) is 11.6 Å². The first-order valence-corrected chi connectivity index (χ1v) is 6.01. The highest BCUT2D eigenvalue weighted by Gasteiger charge is 2.04. The molecule has 0 radical (unpaired) electrons. The van der Waals surface area contributed by atoms with Gasteiger partial charge in [-0.1, -0.05) is 0 Å². The van der Waals surface area contributed by atoms with Crippen molar-refractivity contribution in [1.82, 2.24) is 9.97 Å². The summed E-state index contributed by atoms with van der Waals surface area (Å²) in [6, 6.07) is 4.33. The molecule has 0 bridgehead atoms. The van der Waals surface area contributed by atoms with E-state index in [1.165, 1.54) is 24.4 Å². The lowest BCUT2D eigenvalue weighted by atomic mass is 10.3. The number of hydrogen-bond acceptors (Lipinski definition) is 3.